The molecule has 40 heavy (non-hydrogen) atoms. The van der Waals surface area contributed by atoms with Crippen molar-refractivity contribution in [3.63, 3.8) is 0 Å². The highest BCUT2D eigenvalue weighted by molar-refractivity contribution is 7.93. The maximum Gasteiger partial charge on any atom is 0.573 e. The summed E-state index contributed by atoms with van der Waals surface area (Å²) >= 11 is 0. The lowest BCUT2D eigenvalue weighted by molar-refractivity contribution is -0.274. The fraction of sp³-hybridized carbons (Fsp3) is 0.500. The van der Waals surface area contributed by atoms with Crippen molar-refractivity contribution >= 4 is 25.6 Å². The molecular weight excluding hydrogens is 590 g/mol. The minimum Gasteiger partial charge on any atom is -0.406 e. The molecule has 1 aromatic heterocycles. The standard InChI is InChI=1S/C24H26F6N2O6S2/c1-13(2)39(34,35)19-10-15(23(25,26)27)12-31-20(19)21(33)32-16-8-14(9-16)22(3,4)40(36,37)18-7-5-6-17(11-18)38-24(28,29)30/h5-7,10-14,16H,8-9H2,1-4H3,(H,32,33). The molecule has 1 amide bonds. The molecule has 0 spiro atoms. The van der Waals surface area contributed by atoms with Crippen molar-refractivity contribution in [1.82, 2.24) is 10.3 Å². The van der Waals surface area contributed by atoms with Gasteiger partial charge < -0.3 is 10.1 Å². The molecule has 0 saturated heterocycles. The predicted molar refractivity (Wildman–Crippen MR) is 130 cm³/mol. The summed E-state index contributed by atoms with van der Waals surface area (Å²) in [5, 5.41) is 1.33. The molecule has 1 heterocycles. The number of halogens is 6. The Labute approximate surface area is 227 Å². The second-order valence-electron chi connectivity index (χ2n) is 10.1. The van der Waals surface area contributed by atoms with Crippen LogP contribution in [0.5, 0.6) is 5.75 Å². The van der Waals surface area contributed by atoms with Gasteiger partial charge in [0.05, 0.1) is 25.4 Å². The van der Waals surface area contributed by atoms with Gasteiger partial charge in [0, 0.05) is 12.2 Å². The normalized spacial score (nSPS) is 18.8. The number of benzene rings is 1. The number of rotatable bonds is 8. The fourth-order valence-corrected chi connectivity index (χ4v) is 7.14. The molecule has 3 rings (SSSR count). The lowest BCUT2D eigenvalue weighted by atomic mass is 9.73. The first-order chi connectivity index (χ1) is 18.1. The molecule has 0 bridgehead atoms. The third-order valence-electron chi connectivity index (χ3n) is 6.82. The third-order valence-corrected chi connectivity index (χ3v) is 11.6. The summed E-state index contributed by atoms with van der Waals surface area (Å²) in [5.41, 5.74) is -2.07. The van der Waals surface area contributed by atoms with E-state index in [-0.39, 0.29) is 12.8 Å². The van der Waals surface area contributed by atoms with Crippen LogP contribution in [0, 0.1) is 5.92 Å². The molecule has 0 atom stereocenters. The van der Waals surface area contributed by atoms with Crippen molar-refractivity contribution < 1.29 is 52.7 Å². The SMILES string of the molecule is CC(C)S(=O)(=O)c1cc(C(F)(F)F)cnc1C(=O)NC1CC(C(C)(C)S(=O)(=O)c2cccc(OC(F)(F)F)c2)C1. The van der Waals surface area contributed by atoms with E-state index in [0.717, 1.165) is 24.3 Å². The van der Waals surface area contributed by atoms with Gasteiger partial charge in [0.15, 0.2) is 19.7 Å². The number of aromatic nitrogens is 1. The Morgan fingerprint density at radius 3 is 2.15 bits per heavy atom. The molecular formula is C24H26F6N2O6S2. The van der Waals surface area contributed by atoms with Gasteiger partial charge in [-0.15, -0.1) is 13.2 Å². The Hall–Kier alpha value is -2.88. The first-order valence-electron chi connectivity index (χ1n) is 11.8. The van der Waals surface area contributed by atoms with Crippen molar-refractivity contribution in [1.29, 1.82) is 0 Å². The molecule has 1 N–H and O–H groups in total. The number of sulfone groups is 2. The van der Waals surface area contributed by atoms with E-state index in [2.05, 4.69) is 15.0 Å². The van der Waals surface area contributed by atoms with E-state index in [1.807, 2.05) is 0 Å². The number of carbonyl (C=O) groups excluding carboxylic acids is 1. The van der Waals surface area contributed by atoms with Gasteiger partial charge in [0.2, 0.25) is 0 Å². The minimum atomic E-state index is -5.02. The zero-order valence-corrected chi connectivity index (χ0v) is 23.2. The van der Waals surface area contributed by atoms with Crippen molar-refractivity contribution in [2.75, 3.05) is 0 Å². The number of pyridine rings is 1. The van der Waals surface area contributed by atoms with Crippen LogP contribution in [0.3, 0.4) is 0 Å². The van der Waals surface area contributed by atoms with E-state index in [9.17, 15) is 48.0 Å². The van der Waals surface area contributed by atoms with Crippen LogP contribution in [0.4, 0.5) is 26.3 Å². The molecule has 1 fully saturated rings. The van der Waals surface area contributed by atoms with Crippen molar-refractivity contribution in [3.05, 3.63) is 47.8 Å². The smallest absolute Gasteiger partial charge is 0.406 e. The van der Waals surface area contributed by atoms with Crippen molar-refractivity contribution in [2.24, 2.45) is 5.92 Å². The van der Waals surface area contributed by atoms with Gasteiger partial charge in [-0.3, -0.25) is 4.79 Å². The number of amides is 1. The van der Waals surface area contributed by atoms with Crippen LogP contribution in [0.2, 0.25) is 0 Å². The van der Waals surface area contributed by atoms with Crippen LogP contribution in [0.1, 0.15) is 56.6 Å². The highest BCUT2D eigenvalue weighted by Crippen LogP contribution is 2.44. The van der Waals surface area contributed by atoms with E-state index in [1.165, 1.54) is 27.7 Å². The van der Waals surface area contributed by atoms with Crippen LogP contribution in [-0.2, 0) is 25.9 Å². The van der Waals surface area contributed by atoms with E-state index >= 15 is 0 Å². The van der Waals surface area contributed by atoms with Crippen LogP contribution < -0.4 is 10.1 Å². The topological polar surface area (TPSA) is 119 Å². The molecule has 0 radical (unpaired) electrons. The summed E-state index contributed by atoms with van der Waals surface area (Å²) in [6.45, 7) is 5.24. The molecule has 222 valence electrons. The second-order valence-corrected chi connectivity index (χ2v) is 15.1. The molecule has 8 nitrogen and oxygen atoms in total. The van der Waals surface area contributed by atoms with Gasteiger partial charge in [-0.05, 0) is 70.7 Å². The third kappa shape index (κ3) is 6.37. The summed E-state index contributed by atoms with van der Waals surface area (Å²) in [6, 6.07) is 3.64. The van der Waals surface area contributed by atoms with Gasteiger partial charge in [-0.25, -0.2) is 21.8 Å². The Morgan fingerprint density at radius 1 is 1.02 bits per heavy atom. The average molecular weight is 617 g/mol. The molecule has 1 aliphatic carbocycles. The Morgan fingerprint density at radius 2 is 1.62 bits per heavy atom. The number of hydrogen-bond donors (Lipinski definition) is 1. The predicted octanol–water partition coefficient (Wildman–Crippen LogP) is 4.94. The number of alkyl halides is 6. The summed E-state index contributed by atoms with van der Waals surface area (Å²) in [7, 11) is -8.54. The second kappa shape index (κ2) is 10.5. The van der Waals surface area contributed by atoms with Gasteiger partial charge in [-0.1, -0.05) is 6.07 Å². The molecule has 16 heteroatoms. The summed E-state index contributed by atoms with van der Waals surface area (Å²) in [4.78, 5) is 15.1. The first-order valence-corrected chi connectivity index (χ1v) is 14.8. The average Bonchev–Trinajstić information content (AvgIpc) is 2.78. The van der Waals surface area contributed by atoms with Gasteiger partial charge in [-0.2, -0.15) is 13.2 Å². The largest absolute Gasteiger partial charge is 0.573 e. The van der Waals surface area contributed by atoms with E-state index in [1.54, 1.807) is 0 Å². The van der Waals surface area contributed by atoms with Gasteiger partial charge in [0.1, 0.15) is 11.4 Å². The summed E-state index contributed by atoms with van der Waals surface area (Å²) < 4.78 is 132. The molecule has 1 saturated carbocycles. The molecule has 1 aromatic carbocycles. The van der Waals surface area contributed by atoms with Gasteiger partial charge >= 0.3 is 12.5 Å². The number of nitrogens with zero attached hydrogens (tertiary/aromatic N) is 1. The molecule has 0 aliphatic heterocycles. The van der Waals surface area contributed by atoms with Crippen LogP contribution in [0.25, 0.3) is 0 Å². The Balaban J connectivity index is 1.79. The van der Waals surface area contributed by atoms with Gasteiger partial charge in [0.25, 0.3) is 5.91 Å². The maximum absolute atomic E-state index is 13.3. The molecule has 0 unspecified atom stereocenters. The lowest BCUT2D eigenvalue weighted by Gasteiger charge is -2.44. The number of nitrogens with one attached hydrogen (secondary N) is 1. The molecule has 2 aromatic rings. The van der Waals surface area contributed by atoms with Crippen LogP contribution in [-0.4, -0.2) is 50.1 Å². The highest BCUT2D eigenvalue weighted by atomic mass is 32.2. The monoisotopic (exact) mass is 616 g/mol. The number of carbonyl (C=O) groups is 1. The minimum absolute atomic E-state index is 0.0869. The summed E-state index contributed by atoms with van der Waals surface area (Å²) in [5.74, 6) is -2.33. The quantitative estimate of drug-likeness (QED) is 0.417. The number of ether oxygens (including phenoxy) is 1. The lowest BCUT2D eigenvalue weighted by Crippen LogP contribution is -2.53. The van der Waals surface area contributed by atoms with Crippen LogP contribution >= 0.6 is 0 Å². The zero-order valence-electron chi connectivity index (χ0n) is 21.6. The fourth-order valence-electron chi connectivity index (χ4n) is 4.16. The first kappa shape index (κ1) is 31.6. The van der Waals surface area contributed by atoms with E-state index in [0.29, 0.717) is 12.3 Å². The van der Waals surface area contributed by atoms with Crippen molar-refractivity contribution in [3.8, 4) is 5.75 Å². The highest BCUT2D eigenvalue weighted by Gasteiger charge is 2.49. The van der Waals surface area contributed by atoms with Crippen LogP contribution in [0.15, 0.2) is 46.3 Å². The van der Waals surface area contributed by atoms with E-state index in [4.69, 9.17) is 0 Å². The maximum atomic E-state index is 13.3. The molecule has 1 aliphatic rings. The summed E-state index contributed by atoms with van der Waals surface area (Å²) in [6.07, 6.45) is -9.40. The zero-order chi connectivity index (χ0) is 30.5. The Bertz CT molecular complexity index is 1500. The van der Waals surface area contributed by atoms with E-state index < -0.39 is 86.9 Å². The number of hydrogen-bond acceptors (Lipinski definition) is 7. The Kier molecular flexibility index (Phi) is 8.31. The van der Waals surface area contributed by atoms with Crippen molar-refractivity contribution in [2.45, 2.75) is 78.9 Å².